The number of rotatable bonds is 6. The van der Waals surface area contributed by atoms with Gasteiger partial charge in [-0.15, -0.1) is 11.8 Å². The van der Waals surface area contributed by atoms with Gasteiger partial charge in [0.2, 0.25) is 5.91 Å². The Morgan fingerprint density at radius 1 is 1.14 bits per heavy atom. The van der Waals surface area contributed by atoms with Gasteiger partial charge in [-0.05, 0) is 23.8 Å². The van der Waals surface area contributed by atoms with Crippen molar-refractivity contribution in [3.05, 3.63) is 70.5 Å². The van der Waals surface area contributed by atoms with E-state index in [1.165, 1.54) is 17.8 Å². The molecule has 0 radical (unpaired) electrons. The number of nitrogens with one attached hydrogen (secondary N) is 1. The zero-order chi connectivity index (χ0) is 15.1. The number of hydrogen-bond donors (Lipinski definition) is 1. The van der Waals surface area contributed by atoms with Crippen LogP contribution in [0.4, 0.5) is 4.39 Å². The lowest BCUT2D eigenvalue weighted by Gasteiger charge is -2.06. The topological polar surface area (TPSA) is 29.1 Å². The van der Waals surface area contributed by atoms with Crippen LogP contribution in [0.5, 0.6) is 0 Å². The van der Waals surface area contributed by atoms with Crippen LogP contribution in [0.15, 0.2) is 48.5 Å². The van der Waals surface area contributed by atoms with E-state index in [-0.39, 0.29) is 18.3 Å². The highest BCUT2D eigenvalue weighted by Gasteiger charge is 2.05. The second-order valence-corrected chi connectivity index (χ2v) is 5.91. The quantitative estimate of drug-likeness (QED) is 0.869. The summed E-state index contributed by atoms with van der Waals surface area (Å²) in [6.45, 7) is 0.215. The molecule has 0 heterocycles. The van der Waals surface area contributed by atoms with E-state index in [0.29, 0.717) is 16.3 Å². The summed E-state index contributed by atoms with van der Waals surface area (Å²) in [7, 11) is 0. The monoisotopic (exact) mass is 323 g/mol. The first-order chi connectivity index (χ1) is 10.1. The molecule has 2 aromatic carbocycles. The molecule has 1 amide bonds. The Bertz CT molecular complexity index is 603. The summed E-state index contributed by atoms with van der Waals surface area (Å²) < 4.78 is 13.4. The second-order valence-electron chi connectivity index (χ2n) is 4.49. The third-order valence-electron chi connectivity index (χ3n) is 2.85. The van der Waals surface area contributed by atoms with Crippen LogP contribution < -0.4 is 5.32 Å². The summed E-state index contributed by atoms with van der Waals surface area (Å²) in [5.74, 6) is 0.685. The fourth-order valence-corrected chi connectivity index (χ4v) is 2.67. The summed E-state index contributed by atoms with van der Waals surface area (Å²) in [5, 5.41) is 3.41. The maximum Gasteiger partial charge on any atom is 0.230 e. The first-order valence-corrected chi connectivity index (χ1v) is 8.01. The number of carbonyl (C=O) groups is 1. The summed E-state index contributed by atoms with van der Waals surface area (Å²) >= 11 is 7.32. The lowest BCUT2D eigenvalue weighted by atomic mass is 10.2. The van der Waals surface area contributed by atoms with Crippen LogP contribution in [0, 0.1) is 5.82 Å². The molecule has 21 heavy (non-hydrogen) atoms. The third kappa shape index (κ3) is 5.40. The van der Waals surface area contributed by atoms with Crippen molar-refractivity contribution >= 4 is 29.3 Å². The standard InChI is InChI=1S/C16H15ClFNOS/c17-14-7-5-12(6-8-14)10-21-11-16(20)19-9-13-3-1-2-4-15(13)18/h1-8H,9-11H2,(H,19,20). The van der Waals surface area contributed by atoms with Crippen LogP contribution in [0.2, 0.25) is 5.02 Å². The molecule has 0 atom stereocenters. The molecule has 0 saturated heterocycles. The maximum absolute atomic E-state index is 13.4. The molecule has 0 saturated carbocycles. The lowest BCUT2D eigenvalue weighted by molar-refractivity contribution is -0.118. The Kier molecular flexibility index (Phi) is 6.08. The average Bonchev–Trinajstić information content (AvgIpc) is 2.48. The second kappa shape index (κ2) is 8.05. The Morgan fingerprint density at radius 3 is 2.57 bits per heavy atom. The van der Waals surface area contributed by atoms with Crippen LogP contribution in [0.25, 0.3) is 0 Å². The number of carbonyl (C=O) groups excluding carboxylic acids is 1. The van der Waals surface area contributed by atoms with E-state index in [1.54, 1.807) is 18.2 Å². The molecule has 2 aromatic rings. The van der Waals surface area contributed by atoms with E-state index in [9.17, 15) is 9.18 Å². The van der Waals surface area contributed by atoms with Gasteiger partial charge >= 0.3 is 0 Å². The van der Waals surface area contributed by atoms with E-state index in [1.807, 2.05) is 24.3 Å². The van der Waals surface area contributed by atoms with Crippen LogP contribution in [0.1, 0.15) is 11.1 Å². The van der Waals surface area contributed by atoms with Crippen LogP contribution in [0.3, 0.4) is 0 Å². The molecule has 0 fully saturated rings. The van der Waals surface area contributed by atoms with Crippen LogP contribution in [-0.2, 0) is 17.1 Å². The lowest BCUT2D eigenvalue weighted by Crippen LogP contribution is -2.25. The van der Waals surface area contributed by atoms with Crippen molar-refractivity contribution in [3.63, 3.8) is 0 Å². The van der Waals surface area contributed by atoms with Gasteiger partial charge in [0.25, 0.3) is 0 Å². The number of benzene rings is 2. The van der Waals surface area contributed by atoms with Crippen molar-refractivity contribution in [1.82, 2.24) is 5.32 Å². The minimum atomic E-state index is -0.299. The van der Waals surface area contributed by atoms with E-state index in [4.69, 9.17) is 11.6 Å². The van der Waals surface area contributed by atoms with Crippen molar-refractivity contribution in [3.8, 4) is 0 Å². The molecule has 2 nitrogen and oxygen atoms in total. The van der Waals surface area contributed by atoms with E-state index >= 15 is 0 Å². The molecule has 1 N–H and O–H groups in total. The fraction of sp³-hybridized carbons (Fsp3) is 0.188. The Hall–Kier alpha value is -1.52. The van der Waals surface area contributed by atoms with Crippen molar-refractivity contribution < 1.29 is 9.18 Å². The van der Waals surface area contributed by atoms with E-state index in [2.05, 4.69) is 5.32 Å². The first-order valence-electron chi connectivity index (χ1n) is 6.47. The molecule has 0 aliphatic carbocycles. The molecular weight excluding hydrogens is 309 g/mol. The van der Waals surface area contributed by atoms with Gasteiger partial charge in [-0.1, -0.05) is 41.9 Å². The number of thioether (sulfide) groups is 1. The van der Waals surface area contributed by atoms with Gasteiger partial charge in [0.15, 0.2) is 0 Å². The Labute approximate surface area is 132 Å². The average molecular weight is 324 g/mol. The van der Waals surface area contributed by atoms with E-state index in [0.717, 1.165) is 11.3 Å². The zero-order valence-corrected chi connectivity index (χ0v) is 12.9. The van der Waals surface area contributed by atoms with Gasteiger partial charge in [-0.25, -0.2) is 4.39 Å². The molecule has 0 bridgehead atoms. The molecule has 0 spiro atoms. The summed E-state index contributed by atoms with van der Waals surface area (Å²) in [4.78, 5) is 11.7. The number of hydrogen-bond acceptors (Lipinski definition) is 2. The molecular formula is C16H15ClFNOS. The summed E-state index contributed by atoms with van der Waals surface area (Å²) in [5.41, 5.74) is 1.61. The van der Waals surface area contributed by atoms with Gasteiger partial charge in [0, 0.05) is 22.9 Å². The molecule has 0 aromatic heterocycles. The zero-order valence-electron chi connectivity index (χ0n) is 11.3. The SMILES string of the molecule is O=C(CSCc1ccc(Cl)cc1)NCc1ccccc1F. The first kappa shape index (κ1) is 15.9. The third-order valence-corrected chi connectivity index (χ3v) is 4.10. The largest absolute Gasteiger partial charge is 0.351 e. The maximum atomic E-state index is 13.4. The minimum Gasteiger partial charge on any atom is -0.351 e. The molecule has 2 rings (SSSR count). The molecule has 110 valence electrons. The molecule has 0 aliphatic rings. The van der Waals surface area contributed by atoms with Gasteiger partial charge < -0.3 is 5.32 Å². The van der Waals surface area contributed by atoms with Crippen molar-refractivity contribution in [2.45, 2.75) is 12.3 Å². The normalized spacial score (nSPS) is 10.4. The van der Waals surface area contributed by atoms with Crippen LogP contribution >= 0.6 is 23.4 Å². The predicted octanol–water partition coefficient (Wildman–Crippen LogP) is 4.03. The highest BCUT2D eigenvalue weighted by atomic mass is 35.5. The fourth-order valence-electron chi connectivity index (χ4n) is 1.73. The summed E-state index contributed by atoms with van der Waals surface area (Å²) in [6.07, 6.45) is 0. The smallest absolute Gasteiger partial charge is 0.230 e. The highest BCUT2D eigenvalue weighted by molar-refractivity contribution is 7.99. The van der Waals surface area contributed by atoms with Crippen LogP contribution in [-0.4, -0.2) is 11.7 Å². The minimum absolute atomic E-state index is 0.0998. The Morgan fingerprint density at radius 2 is 1.86 bits per heavy atom. The van der Waals surface area contributed by atoms with Gasteiger partial charge in [-0.3, -0.25) is 4.79 Å². The Balaban J connectivity index is 1.70. The van der Waals surface area contributed by atoms with Crippen molar-refractivity contribution in [2.24, 2.45) is 0 Å². The van der Waals surface area contributed by atoms with Gasteiger partial charge in [0.05, 0.1) is 5.75 Å². The molecule has 0 aliphatic heterocycles. The molecule has 5 heteroatoms. The number of amides is 1. The van der Waals surface area contributed by atoms with Gasteiger partial charge in [-0.2, -0.15) is 0 Å². The molecule has 0 unspecified atom stereocenters. The highest BCUT2D eigenvalue weighted by Crippen LogP contribution is 2.15. The van der Waals surface area contributed by atoms with Crippen molar-refractivity contribution in [2.75, 3.05) is 5.75 Å². The number of halogens is 2. The van der Waals surface area contributed by atoms with E-state index < -0.39 is 0 Å². The van der Waals surface area contributed by atoms with Gasteiger partial charge in [0.1, 0.15) is 5.82 Å². The summed E-state index contributed by atoms with van der Waals surface area (Å²) in [6, 6.07) is 14.0. The predicted molar refractivity (Wildman–Crippen MR) is 85.9 cm³/mol. The van der Waals surface area contributed by atoms with Crippen molar-refractivity contribution in [1.29, 1.82) is 0 Å².